The van der Waals surface area contributed by atoms with Crippen molar-refractivity contribution in [3.8, 4) is 17.2 Å². The summed E-state index contributed by atoms with van der Waals surface area (Å²) in [6.07, 6.45) is 5.39. The summed E-state index contributed by atoms with van der Waals surface area (Å²) in [5.41, 5.74) is 5.99. The van der Waals surface area contributed by atoms with Crippen molar-refractivity contribution in [3.05, 3.63) is 83.2 Å². The van der Waals surface area contributed by atoms with Crippen molar-refractivity contribution < 1.29 is 19.0 Å². The van der Waals surface area contributed by atoms with Crippen LogP contribution in [0.2, 0.25) is 0 Å². The molecule has 0 aliphatic rings. The molecule has 0 saturated heterocycles. The van der Waals surface area contributed by atoms with Crippen molar-refractivity contribution in [1.82, 2.24) is 10.4 Å². The number of carbonyl (C=O) groups is 1. The van der Waals surface area contributed by atoms with Crippen LogP contribution in [0, 0.1) is 13.8 Å². The number of carbonyl (C=O) groups excluding carboxylic acids is 1. The first kappa shape index (κ1) is 22.8. The lowest BCUT2D eigenvalue weighted by molar-refractivity contribution is 0.0955. The predicted molar refractivity (Wildman–Crippen MR) is 124 cm³/mol. The van der Waals surface area contributed by atoms with Crippen molar-refractivity contribution in [2.45, 2.75) is 20.3 Å². The highest BCUT2D eigenvalue weighted by atomic mass is 16.5. The molecule has 0 radical (unpaired) electrons. The molecule has 1 heterocycles. The summed E-state index contributed by atoms with van der Waals surface area (Å²) >= 11 is 0. The van der Waals surface area contributed by atoms with Gasteiger partial charge in [0.05, 0.1) is 26.5 Å². The minimum atomic E-state index is -0.307. The van der Waals surface area contributed by atoms with Crippen LogP contribution in [0.4, 0.5) is 0 Å². The maximum Gasteiger partial charge on any atom is 0.271 e. The molecule has 0 atom stereocenters. The summed E-state index contributed by atoms with van der Waals surface area (Å²) in [6, 6.07) is 14.8. The maximum absolute atomic E-state index is 12.0. The summed E-state index contributed by atoms with van der Waals surface area (Å²) in [5, 5.41) is 3.99. The molecular weight excluding hydrogens is 406 g/mol. The Bertz CT molecular complexity index is 1050. The van der Waals surface area contributed by atoms with Gasteiger partial charge in [-0.25, -0.2) is 5.43 Å². The van der Waals surface area contributed by atoms with E-state index in [1.807, 2.05) is 44.2 Å². The molecule has 7 heteroatoms. The highest BCUT2D eigenvalue weighted by molar-refractivity contribution is 5.94. The van der Waals surface area contributed by atoms with Crippen molar-refractivity contribution >= 4 is 12.1 Å². The third-order valence-corrected chi connectivity index (χ3v) is 4.71. The van der Waals surface area contributed by atoms with Crippen molar-refractivity contribution in [2.75, 3.05) is 20.3 Å². The van der Waals surface area contributed by atoms with E-state index in [9.17, 15) is 4.79 Å². The first-order valence-electron chi connectivity index (χ1n) is 10.3. The van der Waals surface area contributed by atoms with Gasteiger partial charge in [-0.2, -0.15) is 5.10 Å². The number of nitrogens with zero attached hydrogens (tertiary/aromatic N) is 2. The van der Waals surface area contributed by atoms with E-state index >= 15 is 0 Å². The van der Waals surface area contributed by atoms with Gasteiger partial charge in [0, 0.05) is 24.4 Å². The summed E-state index contributed by atoms with van der Waals surface area (Å²) in [7, 11) is 1.58. The summed E-state index contributed by atoms with van der Waals surface area (Å²) < 4.78 is 17.2. The number of para-hydroxylation sites is 1. The SMILES string of the molecule is COc1cc(/C=N/NC(=O)c2ccncc2)ccc1OCCCOc1c(C)cccc1C. The van der Waals surface area contributed by atoms with Gasteiger partial charge in [0.2, 0.25) is 0 Å². The third kappa shape index (κ3) is 6.31. The fraction of sp³-hybridized carbons (Fsp3) is 0.240. The number of benzene rings is 2. The molecule has 2 aromatic carbocycles. The molecule has 0 fully saturated rings. The Hall–Kier alpha value is -3.87. The standard InChI is InChI=1S/C25H27N3O4/c1-18-6-4-7-19(2)24(18)32-15-5-14-31-22-9-8-20(16-23(22)30-3)17-27-28-25(29)21-10-12-26-13-11-21/h4,6-13,16-17H,5,14-15H2,1-3H3,(H,28,29)/b27-17+. The van der Waals surface area contributed by atoms with Crippen LogP contribution in [-0.4, -0.2) is 37.4 Å². The van der Waals surface area contributed by atoms with Crippen LogP contribution in [0.15, 0.2) is 66.0 Å². The van der Waals surface area contributed by atoms with Crippen LogP contribution in [0.5, 0.6) is 17.2 Å². The average molecular weight is 434 g/mol. The molecule has 3 aromatic rings. The number of ether oxygens (including phenoxy) is 3. The maximum atomic E-state index is 12.0. The van der Waals surface area contributed by atoms with Crippen LogP contribution in [0.25, 0.3) is 0 Å². The van der Waals surface area contributed by atoms with E-state index in [-0.39, 0.29) is 5.91 Å². The average Bonchev–Trinajstić information content (AvgIpc) is 2.81. The van der Waals surface area contributed by atoms with E-state index in [2.05, 4.69) is 15.5 Å². The Balaban J connectivity index is 1.49. The van der Waals surface area contributed by atoms with E-state index in [0.717, 1.165) is 28.9 Å². The molecule has 1 amide bonds. The lowest BCUT2D eigenvalue weighted by Crippen LogP contribution is -2.17. The number of nitrogens with one attached hydrogen (secondary N) is 1. The molecule has 1 N–H and O–H groups in total. The van der Waals surface area contributed by atoms with Crippen molar-refractivity contribution in [3.63, 3.8) is 0 Å². The Morgan fingerprint density at radius 3 is 2.44 bits per heavy atom. The number of aromatic nitrogens is 1. The van der Waals surface area contributed by atoms with Crippen LogP contribution in [-0.2, 0) is 0 Å². The first-order chi connectivity index (χ1) is 15.6. The quantitative estimate of drug-likeness (QED) is 0.293. The molecule has 3 rings (SSSR count). The van der Waals surface area contributed by atoms with Gasteiger partial charge >= 0.3 is 0 Å². The lowest BCUT2D eigenvalue weighted by Gasteiger charge is -2.13. The molecule has 0 saturated carbocycles. The number of rotatable bonds is 10. The van der Waals surface area contributed by atoms with Gasteiger partial charge in [-0.15, -0.1) is 0 Å². The van der Waals surface area contributed by atoms with E-state index in [1.54, 1.807) is 43.9 Å². The predicted octanol–water partition coefficient (Wildman–Crippen LogP) is 4.32. The molecule has 0 spiro atoms. The van der Waals surface area contributed by atoms with E-state index in [4.69, 9.17) is 14.2 Å². The second kappa shape index (κ2) is 11.5. The topological polar surface area (TPSA) is 82.0 Å². The number of hydrogen-bond donors (Lipinski definition) is 1. The van der Waals surface area contributed by atoms with Crippen molar-refractivity contribution in [2.24, 2.45) is 5.10 Å². The zero-order valence-corrected chi connectivity index (χ0v) is 18.5. The highest BCUT2D eigenvalue weighted by Gasteiger charge is 2.07. The second-order valence-corrected chi connectivity index (χ2v) is 7.12. The zero-order valence-electron chi connectivity index (χ0n) is 18.5. The molecule has 166 valence electrons. The Morgan fingerprint density at radius 1 is 1.00 bits per heavy atom. The molecule has 0 bridgehead atoms. The largest absolute Gasteiger partial charge is 0.493 e. The molecule has 7 nitrogen and oxygen atoms in total. The van der Waals surface area contributed by atoms with Crippen LogP contribution in [0.3, 0.4) is 0 Å². The van der Waals surface area contributed by atoms with Crippen LogP contribution < -0.4 is 19.6 Å². The van der Waals surface area contributed by atoms with Crippen LogP contribution >= 0.6 is 0 Å². The third-order valence-electron chi connectivity index (χ3n) is 4.71. The van der Waals surface area contributed by atoms with Gasteiger partial charge < -0.3 is 14.2 Å². The number of amides is 1. The fourth-order valence-corrected chi connectivity index (χ4v) is 3.06. The zero-order chi connectivity index (χ0) is 22.8. The smallest absolute Gasteiger partial charge is 0.271 e. The molecule has 1 aromatic heterocycles. The van der Waals surface area contributed by atoms with Gasteiger partial charge in [0.15, 0.2) is 11.5 Å². The van der Waals surface area contributed by atoms with Crippen molar-refractivity contribution in [1.29, 1.82) is 0 Å². The number of hydrazone groups is 1. The Morgan fingerprint density at radius 2 is 1.72 bits per heavy atom. The van der Waals surface area contributed by atoms with Gasteiger partial charge in [0.1, 0.15) is 5.75 Å². The van der Waals surface area contributed by atoms with Gasteiger partial charge in [-0.05, 0) is 60.9 Å². The van der Waals surface area contributed by atoms with Gasteiger partial charge in [0.25, 0.3) is 5.91 Å². The normalized spacial score (nSPS) is 10.7. The summed E-state index contributed by atoms with van der Waals surface area (Å²) in [6.45, 7) is 5.14. The fourth-order valence-electron chi connectivity index (χ4n) is 3.06. The molecule has 32 heavy (non-hydrogen) atoms. The molecular formula is C25H27N3O4. The van der Waals surface area contributed by atoms with Crippen LogP contribution in [0.1, 0.15) is 33.5 Å². The van der Waals surface area contributed by atoms with E-state index in [1.165, 1.54) is 0 Å². The summed E-state index contributed by atoms with van der Waals surface area (Å²) in [5.74, 6) is 1.85. The van der Waals surface area contributed by atoms with Gasteiger partial charge in [-0.1, -0.05) is 18.2 Å². The highest BCUT2D eigenvalue weighted by Crippen LogP contribution is 2.28. The number of aryl methyl sites for hydroxylation is 2. The Kier molecular flexibility index (Phi) is 8.20. The molecule has 0 aliphatic heterocycles. The molecule has 0 aliphatic carbocycles. The second-order valence-electron chi connectivity index (χ2n) is 7.12. The number of hydrogen-bond acceptors (Lipinski definition) is 6. The Labute approximate surface area is 188 Å². The minimum absolute atomic E-state index is 0.307. The monoisotopic (exact) mass is 433 g/mol. The van der Waals surface area contributed by atoms with E-state index in [0.29, 0.717) is 30.3 Å². The number of methoxy groups -OCH3 is 1. The minimum Gasteiger partial charge on any atom is -0.493 e. The number of pyridine rings is 1. The first-order valence-corrected chi connectivity index (χ1v) is 10.3. The molecule has 0 unspecified atom stereocenters. The van der Waals surface area contributed by atoms with E-state index < -0.39 is 0 Å². The lowest BCUT2D eigenvalue weighted by atomic mass is 10.1. The van der Waals surface area contributed by atoms with Gasteiger partial charge in [-0.3, -0.25) is 9.78 Å². The summed E-state index contributed by atoms with van der Waals surface area (Å²) in [4.78, 5) is 15.9.